The molecule has 0 bridgehead atoms. The van der Waals surface area contributed by atoms with Gasteiger partial charge in [-0.2, -0.15) is 13.2 Å². The topological polar surface area (TPSA) is 85.6 Å². The lowest BCUT2D eigenvalue weighted by atomic mass is 10.1. The molecule has 24 heavy (non-hydrogen) atoms. The van der Waals surface area contributed by atoms with E-state index in [-0.39, 0.29) is 43.6 Å². The van der Waals surface area contributed by atoms with Crippen molar-refractivity contribution in [3.63, 3.8) is 0 Å². The van der Waals surface area contributed by atoms with E-state index in [1.54, 1.807) is 13.8 Å². The molecule has 0 saturated carbocycles. The van der Waals surface area contributed by atoms with Crippen molar-refractivity contribution in [3.05, 3.63) is 27.4 Å². The highest BCUT2D eigenvalue weighted by Gasteiger charge is 2.42. The number of carbonyl (C=O) groups excluding carboxylic acids is 1. The fourth-order valence-electron chi connectivity index (χ4n) is 2.43. The number of alkyl halides is 3. The maximum atomic E-state index is 12.6. The first kappa shape index (κ1) is 18.0. The molecular formula is C14H16F3N3O4. The van der Waals surface area contributed by atoms with E-state index in [1.165, 1.54) is 6.07 Å². The van der Waals surface area contributed by atoms with E-state index in [0.29, 0.717) is 16.2 Å². The lowest BCUT2D eigenvalue weighted by Crippen LogP contribution is -2.42. The maximum Gasteiger partial charge on any atom is 0.471 e. The monoisotopic (exact) mass is 347 g/mol. The number of hydrogen-bond acceptors (Lipinski definition) is 5. The zero-order valence-electron chi connectivity index (χ0n) is 13.1. The molecule has 1 aromatic rings. The number of amides is 1. The van der Waals surface area contributed by atoms with Gasteiger partial charge in [-0.1, -0.05) is 0 Å². The molecule has 0 spiro atoms. The Labute approximate surface area is 135 Å². The van der Waals surface area contributed by atoms with Crippen LogP contribution in [0.25, 0.3) is 0 Å². The van der Waals surface area contributed by atoms with E-state index in [9.17, 15) is 28.1 Å². The van der Waals surface area contributed by atoms with Gasteiger partial charge >= 0.3 is 17.8 Å². The van der Waals surface area contributed by atoms with Gasteiger partial charge in [-0.25, -0.2) is 4.98 Å². The summed E-state index contributed by atoms with van der Waals surface area (Å²) in [4.78, 5) is 26.7. The predicted octanol–water partition coefficient (Wildman–Crippen LogP) is 2.27. The fraction of sp³-hybridized carbons (Fsp3) is 0.571. The standard InChI is InChI=1S/C14H16F3N3O4/c1-8(2)24-12-11(20(22)23)7-9-3-5-19(6-4-10(9)18-12)13(21)14(15,16)17/h7-8H,3-6H2,1-2H3. The van der Waals surface area contributed by atoms with E-state index in [2.05, 4.69) is 4.98 Å². The van der Waals surface area contributed by atoms with Crippen LogP contribution < -0.4 is 4.74 Å². The highest BCUT2D eigenvalue weighted by atomic mass is 19.4. The van der Waals surface area contributed by atoms with Gasteiger partial charge in [-0.15, -0.1) is 0 Å². The molecule has 1 aliphatic heterocycles. The lowest BCUT2D eigenvalue weighted by molar-refractivity contribution is -0.386. The number of hydrogen-bond donors (Lipinski definition) is 0. The van der Waals surface area contributed by atoms with Crippen molar-refractivity contribution in [2.24, 2.45) is 0 Å². The van der Waals surface area contributed by atoms with Gasteiger partial charge in [-0.05, 0) is 25.8 Å². The van der Waals surface area contributed by atoms with Crippen LogP contribution in [0.4, 0.5) is 18.9 Å². The molecular weight excluding hydrogens is 331 g/mol. The maximum absolute atomic E-state index is 12.6. The van der Waals surface area contributed by atoms with Crippen molar-refractivity contribution >= 4 is 11.6 Å². The van der Waals surface area contributed by atoms with Crippen LogP contribution in [0.5, 0.6) is 5.88 Å². The molecule has 132 valence electrons. The van der Waals surface area contributed by atoms with Crippen molar-refractivity contribution in [1.82, 2.24) is 9.88 Å². The Morgan fingerprint density at radius 3 is 2.54 bits per heavy atom. The van der Waals surface area contributed by atoms with Gasteiger partial charge in [0.2, 0.25) is 0 Å². The Bertz CT molecular complexity index is 661. The molecule has 1 aromatic heterocycles. The van der Waals surface area contributed by atoms with E-state index >= 15 is 0 Å². The average Bonchev–Trinajstić information content (AvgIpc) is 2.66. The van der Waals surface area contributed by atoms with Crippen molar-refractivity contribution < 1.29 is 27.6 Å². The summed E-state index contributed by atoms with van der Waals surface area (Å²) in [6.45, 7) is 3.04. The lowest BCUT2D eigenvalue weighted by Gasteiger charge is -2.21. The molecule has 0 fully saturated rings. The van der Waals surface area contributed by atoms with Crippen LogP contribution in [0.3, 0.4) is 0 Å². The molecule has 7 nitrogen and oxygen atoms in total. The summed E-state index contributed by atoms with van der Waals surface area (Å²) in [5.41, 5.74) is 0.530. The summed E-state index contributed by atoms with van der Waals surface area (Å²) in [5.74, 6) is -2.08. The van der Waals surface area contributed by atoms with Crippen molar-refractivity contribution in [2.45, 2.75) is 39.0 Å². The Hall–Kier alpha value is -2.39. The van der Waals surface area contributed by atoms with Crippen LogP contribution in [-0.2, 0) is 17.6 Å². The second-order valence-corrected chi connectivity index (χ2v) is 5.63. The first-order chi connectivity index (χ1) is 11.1. The molecule has 0 radical (unpaired) electrons. The Morgan fingerprint density at radius 2 is 2.00 bits per heavy atom. The van der Waals surface area contributed by atoms with E-state index in [4.69, 9.17) is 4.74 Å². The minimum Gasteiger partial charge on any atom is -0.470 e. The van der Waals surface area contributed by atoms with Crippen LogP contribution in [0.2, 0.25) is 0 Å². The SMILES string of the molecule is CC(C)Oc1nc2c(cc1[N+](=O)[O-])CCN(C(=O)C(F)(F)F)CC2. The van der Waals surface area contributed by atoms with Gasteiger partial charge in [-0.3, -0.25) is 14.9 Å². The number of pyridine rings is 1. The van der Waals surface area contributed by atoms with Gasteiger partial charge in [0.05, 0.1) is 11.0 Å². The second-order valence-electron chi connectivity index (χ2n) is 5.63. The summed E-state index contributed by atoms with van der Waals surface area (Å²) >= 11 is 0. The number of aromatic nitrogens is 1. The summed E-state index contributed by atoms with van der Waals surface area (Å²) in [5, 5.41) is 11.2. The van der Waals surface area contributed by atoms with Crippen molar-refractivity contribution in [1.29, 1.82) is 0 Å². The van der Waals surface area contributed by atoms with Crippen LogP contribution >= 0.6 is 0 Å². The molecule has 0 saturated heterocycles. The molecule has 0 atom stereocenters. The third-order valence-corrected chi connectivity index (χ3v) is 3.48. The summed E-state index contributed by atoms with van der Waals surface area (Å²) in [7, 11) is 0. The van der Waals surface area contributed by atoms with Crippen LogP contribution in [0.1, 0.15) is 25.1 Å². The first-order valence-electron chi connectivity index (χ1n) is 7.29. The highest BCUT2D eigenvalue weighted by molar-refractivity contribution is 5.82. The Kier molecular flexibility index (Phi) is 4.95. The predicted molar refractivity (Wildman–Crippen MR) is 76.7 cm³/mol. The highest BCUT2D eigenvalue weighted by Crippen LogP contribution is 2.30. The molecule has 2 heterocycles. The third kappa shape index (κ3) is 3.92. The molecule has 10 heteroatoms. The third-order valence-electron chi connectivity index (χ3n) is 3.48. The quantitative estimate of drug-likeness (QED) is 0.618. The van der Waals surface area contributed by atoms with Crippen molar-refractivity contribution in [3.8, 4) is 5.88 Å². The Balaban J connectivity index is 2.31. The van der Waals surface area contributed by atoms with E-state index < -0.39 is 17.0 Å². The molecule has 0 unspecified atom stereocenters. The Morgan fingerprint density at radius 1 is 1.38 bits per heavy atom. The average molecular weight is 347 g/mol. The zero-order valence-corrected chi connectivity index (χ0v) is 13.1. The zero-order chi connectivity index (χ0) is 18.1. The van der Waals surface area contributed by atoms with Gasteiger partial charge in [0, 0.05) is 31.3 Å². The van der Waals surface area contributed by atoms with E-state index in [1.807, 2.05) is 0 Å². The van der Waals surface area contributed by atoms with Gasteiger partial charge in [0.25, 0.3) is 5.88 Å². The number of carbonyl (C=O) groups is 1. The first-order valence-corrected chi connectivity index (χ1v) is 7.29. The number of nitro groups is 1. The molecule has 1 amide bonds. The number of rotatable bonds is 3. The van der Waals surface area contributed by atoms with Gasteiger partial charge in [0.15, 0.2) is 0 Å². The van der Waals surface area contributed by atoms with Gasteiger partial charge < -0.3 is 9.64 Å². The van der Waals surface area contributed by atoms with E-state index in [0.717, 1.165) is 0 Å². The summed E-state index contributed by atoms with van der Waals surface area (Å²) < 4.78 is 43.0. The number of halogens is 3. The molecule has 0 aromatic carbocycles. The van der Waals surface area contributed by atoms with Gasteiger partial charge in [0.1, 0.15) is 0 Å². The largest absolute Gasteiger partial charge is 0.471 e. The number of nitrogens with zero attached hydrogens (tertiary/aromatic N) is 3. The number of ether oxygens (including phenoxy) is 1. The molecule has 0 N–H and O–H groups in total. The molecule has 0 aliphatic carbocycles. The summed E-state index contributed by atoms with van der Waals surface area (Å²) in [6.07, 6.45) is -5.15. The van der Waals surface area contributed by atoms with Crippen LogP contribution in [-0.4, -0.2) is 46.1 Å². The van der Waals surface area contributed by atoms with Crippen LogP contribution in [0.15, 0.2) is 6.07 Å². The summed E-state index contributed by atoms with van der Waals surface area (Å²) in [6, 6.07) is 1.27. The second kappa shape index (κ2) is 6.62. The number of fused-ring (bicyclic) bond motifs is 1. The minimum atomic E-state index is -4.94. The minimum absolute atomic E-state index is 0.0625. The smallest absolute Gasteiger partial charge is 0.470 e. The van der Waals surface area contributed by atoms with Crippen molar-refractivity contribution in [2.75, 3.05) is 13.1 Å². The fourth-order valence-corrected chi connectivity index (χ4v) is 2.43. The van der Waals surface area contributed by atoms with Crippen LogP contribution in [0, 0.1) is 10.1 Å². The molecule has 2 rings (SSSR count). The normalized spacial score (nSPS) is 15.0. The molecule has 1 aliphatic rings.